The van der Waals surface area contributed by atoms with E-state index in [1.807, 2.05) is 54.1 Å². The van der Waals surface area contributed by atoms with Crippen LogP contribution in [0.1, 0.15) is 23.9 Å². The molecule has 0 atom stereocenters. The molecule has 2 amide bonds. The average Bonchev–Trinajstić information content (AvgIpc) is 3.22. The van der Waals surface area contributed by atoms with Crippen molar-refractivity contribution >= 4 is 56.6 Å². The van der Waals surface area contributed by atoms with Crippen LogP contribution in [0.2, 0.25) is 0 Å². The Hall–Kier alpha value is -2.85. The van der Waals surface area contributed by atoms with Gasteiger partial charge in [-0.05, 0) is 55.3 Å². The van der Waals surface area contributed by atoms with Gasteiger partial charge in [0.25, 0.3) is 10.0 Å². The Morgan fingerprint density at radius 2 is 1.72 bits per heavy atom. The quantitative estimate of drug-likeness (QED) is 0.349. The SMILES string of the molecule is CCc1nc2ccc(OC)cc2n1-c1ccc(CCNC(=O)NS(=O)(=O)c2ccc(C)cc2)cc1.[NaH]. The van der Waals surface area contributed by atoms with Crippen LogP contribution in [0.5, 0.6) is 5.75 Å². The number of carbonyl (C=O) groups is 1. The molecule has 0 aliphatic carbocycles. The van der Waals surface area contributed by atoms with Gasteiger partial charge in [0, 0.05) is 24.7 Å². The van der Waals surface area contributed by atoms with Gasteiger partial charge in [-0.3, -0.25) is 4.57 Å². The second-order valence-corrected chi connectivity index (χ2v) is 9.84. The first-order chi connectivity index (χ1) is 16.8. The molecule has 0 radical (unpaired) electrons. The summed E-state index contributed by atoms with van der Waals surface area (Å²) in [6.45, 7) is 4.22. The van der Waals surface area contributed by atoms with Crippen LogP contribution < -0.4 is 14.8 Å². The first-order valence-electron chi connectivity index (χ1n) is 11.3. The van der Waals surface area contributed by atoms with Crippen molar-refractivity contribution in [3.05, 3.63) is 83.7 Å². The number of hydrogen-bond donors (Lipinski definition) is 2. The molecular weight excluding hydrogens is 487 g/mol. The molecule has 0 spiro atoms. The van der Waals surface area contributed by atoms with Gasteiger partial charge in [0.15, 0.2) is 0 Å². The molecule has 0 aliphatic heterocycles. The van der Waals surface area contributed by atoms with Gasteiger partial charge in [-0.1, -0.05) is 36.8 Å². The molecule has 8 nitrogen and oxygen atoms in total. The normalized spacial score (nSPS) is 11.1. The van der Waals surface area contributed by atoms with E-state index in [0.717, 1.165) is 45.8 Å². The molecular formula is C26H29N4NaO4S. The zero-order valence-electron chi connectivity index (χ0n) is 19.9. The van der Waals surface area contributed by atoms with Crippen molar-refractivity contribution in [3.63, 3.8) is 0 Å². The van der Waals surface area contributed by atoms with Crippen LogP contribution in [0, 0.1) is 6.92 Å². The van der Waals surface area contributed by atoms with E-state index < -0.39 is 16.1 Å². The number of hydrogen-bond acceptors (Lipinski definition) is 5. The second kappa shape index (κ2) is 11.9. The third kappa shape index (κ3) is 6.28. The van der Waals surface area contributed by atoms with E-state index in [1.54, 1.807) is 19.2 Å². The summed E-state index contributed by atoms with van der Waals surface area (Å²) in [7, 11) is -2.27. The van der Waals surface area contributed by atoms with Crippen LogP contribution in [0.15, 0.2) is 71.6 Å². The van der Waals surface area contributed by atoms with E-state index in [1.165, 1.54) is 12.1 Å². The average molecular weight is 517 g/mol. The Morgan fingerprint density at radius 1 is 1.03 bits per heavy atom. The number of urea groups is 1. The van der Waals surface area contributed by atoms with Gasteiger partial charge in [-0.2, -0.15) is 0 Å². The Balaban J connectivity index is 0.00000361. The number of aromatic nitrogens is 2. The fourth-order valence-electron chi connectivity index (χ4n) is 3.82. The first-order valence-corrected chi connectivity index (χ1v) is 12.8. The molecule has 0 saturated heterocycles. The van der Waals surface area contributed by atoms with Crippen LogP contribution >= 0.6 is 0 Å². The monoisotopic (exact) mass is 516 g/mol. The maximum atomic E-state index is 12.3. The topological polar surface area (TPSA) is 102 Å². The Kier molecular flexibility index (Phi) is 9.19. The van der Waals surface area contributed by atoms with Gasteiger partial charge >= 0.3 is 35.6 Å². The Bertz CT molecular complexity index is 1450. The molecule has 184 valence electrons. The summed E-state index contributed by atoms with van der Waals surface area (Å²) in [5.41, 5.74) is 4.81. The predicted octanol–water partition coefficient (Wildman–Crippen LogP) is 3.49. The first kappa shape index (κ1) is 27.7. The zero-order valence-corrected chi connectivity index (χ0v) is 20.7. The molecule has 4 rings (SSSR count). The molecule has 36 heavy (non-hydrogen) atoms. The van der Waals surface area contributed by atoms with Crippen molar-refractivity contribution in [1.82, 2.24) is 19.6 Å². The molecule has 4 aromatic rings. The van der Waals surface area contributed by atoms with Gasteiger partial charge in [0.1, 0.15) is 11.6 Å². The fourth-order valence-corrected chi connectivity index (χ4v) is 4.75. The number of methoxy groups -OCH3 is 1. The van der Waals surface area contributed by atoms with Gasteiger partial charge in [0.05, 0.1) is 23.0 Å². The van der Waals surface area contributed by atoms with E-state index in [9.17, 15) is 13.2 Å². The molecule has 10 heteroatoms. The molecule has 1 aromatic heterocycles. The van der Waals surface area contributed by atoms with E-state index in [-0.39, 0.29) is 34.5 Å². The summed E-state index contributed by atoms with van der Waals surface area (Å²) in [4.78, 5) is 16.9. The number of imidazole rings is 1. The fraction of sp³-hybridized carbons (Fsp3) is 0.231. The van der Waals surface area contributed by atoms with Gasteiger partial charge in [-0.25, -0.2) is 22.9 Å². The summed E-state index contributed by atoms with van der Waals surface area (Å²) in [6, 6.07) is 19.4. The molecule has 0 unspecified atom stereocenters. The number of benzene rings is 3. The number of amides is 2. The van der Waals surface area contributed by atoms with E-state index >= 15 is 0 Å². The van der Waals surface area contributed by atoms with Crippen molar-refractivity contribution in [3.8, 4) is 11.4 Å². The molecule has 0 saturated carbocycles. The molecule has 3 aromatic carbocycles. The number of nitrogens with zero attached hydrogens (tertiary/aromatic N) is 2. The summed E-state index contributed by atoms with van der Waals surface area (Å²) in [6.07, 6.45) is 1.33. The van der Waals surface area contributed by atoms with Crippen LogP contribution in [0.3, 0.4) is 0 Å². The second-order valence-electron chi connectivity index (χ2n) is 8.16. The Morgan fingerprint density at radius 3 is 2.36 bits per heavy atom. The van der Waals surface area contributed by atoms with Crippen molar-refractivity contribution in [2.75, 3.05) is 13.7 Å². The maximum absolute atomic E-state index is 12.3. The number of sulfonamides is 1. The summed E-state index contributed by atoms with van der Waals surface area (Å²) in [5.74, 6) is 1.72. The van der Waals surface area contributed by atoms with Crippen LogP contribution in [-0.2, 0) is 22.9 Å². The van der Waals surface area contributed by atoms with Crippen molar-refractivity contribution in [1.29, 1.82) is 0 Å². The number of rotatable bonds is 8. The summed E-state index contributed by atoms with van der Waals surface area (Å²) in [5, 5.41) is 2.61. The number of fused-ring (bicyclic) bond motifs is 1. The third-order valence-corrected chi connectivity index (χ3v) is 7.05. The van der Waals surface area contributed by atoms with Crippen LogP contribution in [0.25, 0.3) is 16.7 Å². The van der Waals surface area contributed by atoms with Gasteiger partial charge in [-0.15, -0.1) is 0 Å². The van der Waals surface area contributed by atoms with Gasteiger partial charge < -0.3 is 10.1 Å². The number of carbonyl (C=O) groups excluding carboxylic acids is 1. The minimum atomic E-state index is -3.91. The molecule has 0 bridgehead atoms. The third-order valence-electron chi connectivity index (χ3n) is 5.70. The zero-order chi connectivity index (χ0) is 25.0. The Labute approximate surface area is 233 Å². The molecule has 1 heterocycles. The summed E-state index contributed by atoms with van der Waals surface area (Å²) < 4.78 is 34.2. The predicted molar refractivity (Wildman–Crippen MR) is 143 cm³/mol. The number of nitrogens with one attached hydrogen (secondary N) is 2. The molecule has 0 aliphatic rings. The van der Waals surface area contributed by atoms with Gasteiger partial charge in [0.2, 0.25) is 0 Å². The van der Waals surface area contributed by atoms with E-state index in [0.29, 0.717) is 13.0 Å². The van der Waals surface area contributed by atoms with Crippen molar-refractivity contribution < 1.29 is 17.9 Å². The number of ether oxygens (including phenoxy) is 1. The van der Waals surface area contributed by atoms with E-state index in [2.05, 4.69) is 16.8 Å². The van der Waals surface area contributed by atoms with E-state index in [4.69, 9.17) is 9.72 Å². The minimum absolute atomic E-state index is 0. The standard InChI is InChI=1S/C26H28N4O4S.Na.H/c1-4-25-28-23-14-11-21(34-3)17-24(23)30(25)20-9-7-19(8-10-20)15-16-27-26(31)29-35(32,33)22-12-5-18(2)6-13-22;;/h5-14,17H,4,15-16H2,1-3H3,(H2,27,29,31);;. The van der Waals surface area contributed by atoms with Crippen LogP contribution in [0.4, 0.5) is 4.79 Å². The molecule has 2 N–H and O–H groups in total. The molecule has 0 fully saturated rings. The number of aryl methyl sites for hydroxylation is 2. The summed E-state index contributed by atoms with van der Waals surface area (Å²) >= 11 is 0. The van der Waals surface area contributed by atoms with Crippen molar-refractivity contribution in [2.24, 2.45) is 0 Å². The van der Waals surface area contributed by atoms with Crippen molar-refractivity contribution in [2.45, 2.75) is 31.6 Å². The van der Waals surface area contributed by atoms with Crippen LogP contribution in [-0.4, -0.2) is 67.2 Å².